The third kappa shape index (κ3) is 2.02. The van der Waals surface area contributed by atoms with Gasteiger partial charge in [0.2, 0.25) is 5.91 Å². The molecule has 1 N–H and O–H groups in total. The molecule has 22 heavy (non-hydrogen) atoms. The fraction of sp³-hybridized carbons (Fsp3) is 0.588. The summed E-state index contributed by atoms with van der Waals surface area (Å²) in [5.41, 5.74) is 5.74. The highest BCUT2D eigenvalue weighted by Crippen LogP contribution is 2.40. The first-order chi connectivity index (χ1) is 10.6. The summed E-state index contributed by atoms with van der Waals surface area (Å²) in [6.45, 7) is 0.317. The van der Waals surface area contributed by atoms with Crippen LogP contribution in [-0.2, 0) is 35.3 Å². The molecule has 0 radical (unpaired) electrons. The molecule has 1 fully saturated rings. The number of anilines is 1. The number of aliphatic carboxylic acids is 1. The molecule has 5 heteroatoms. The van der Waals surface area contributed by atoms with E-state index in [9.17, 15) is 14.7 Å². The number of hydrogen-bond acceptors (Lipinski definition) is 3. The molecule has 1 aromatic rings. The topological polar surface area (TPSA) is 70.5 Å². The number of fused-ring (bicyclic) bond motifs is 2. The Morgan fingerprint density at radius 2 is 1.68 bits per heavy atom. The zero-order valence-corrected chi connectivity index (χ0v) is 12.6. The van der Waals surface area contributed by atoms with Gasteiger partial charge < -0.3 is 10.0 Å². The van der Waals surface area contributed by atoms with Crippen LogP contribution in [0.4, 0.5) is 5.69 Å². The van der Waals surface area contributed by atoms with Gasteiger partial charge in [0.05, 0.1) is 11.6 Å². The number of rotatable bonds is 2. The number of carboxylic acids is 1. The van der Waals surface area contributed by atoms with Crippen molar-refractivity contribution in [2.24, 2.45) is 5.92 Å². The first-order valence-electron chi connectivity index (χ1n) is 8.22. The smallest absolute Gasteiger partial charge is 0.308 e. The van der Waals surface area contributed by atoms with Gasteiger partial charge >= 0.3 is 5.97 Å². The van der Waals surface area contributed by atoms with Gasteiger partial charge in [-0.1, -0.05) is 0 Å². The molecule has 0 bridgehead atoms. The Hall–Kier alpha value is -1.91. The molecule has 0 saturated carbocycles. The van der Waals surface area contributed by atoms with Gasteiger partial charge in [-0.05, 0) is 56.1 Å². The van der Waals surface area contributed by atoms with Crippen LogP contribution in [0.5, 0.6) is 0 Å². The lowest BCUT2D eigenvalue weighted by Crippen LogP contribution is -2.29. The molecule has 5 nitrogen and oxygen atoms in total. The fourth-order valence-electron chi connectivity index (χ4n) is 4.13. The molecule has 3 aliphatic rings. The number of pyridine rings is 1. The summed E-state index contributed by atoms with van der Waals surface area (Å²) in [7, 11) is 0. The molecule has 1 atom stereocenters. The number of nitrogens with zero attached hydrogens (tertiary/aromatic N) is 2. The van der Waals surface area contributed by atoms with E-state index in [1.165, 1.54) is 11.1 Å². The predicted octanol–water partition coefficient (Wildman–Crippen LogP) is 1.89. The van der Waals surface area contributed by atoms with Crippen molar-refractivity contribution in [2.45, 2.75) is 51.4 Å². The van der Waals surface area contributed by atoms with Crippen molar-refractivity contribution in [3.05, 3.63) is 22.5 Å². The monoisotopic (exact) mass is 300 g/mol. The average Bonchev–Trinajstić information content (AvgIpc) is 3.11. The fourth-order valence-corrected chi connectivity index (χ4v) is 4.13. The highest BCUT2D eigenvalue weighted by atomic mass is 16.4. The van der Waals surface area contributed by atoms with E-state index < -0.39 is 11.9 Å². The van der Waals surface area contributed by atoms with Crippen LogP contribution in [0.1, 0.15) is 48.2 Å². The van der Waals surface area contributed by atoms with E-state index in [2.05, 4.69) is 0 Å². The molecular weight excluding hydrogens is 280 g/mol. The Morgan fingerprint density at radius 3 is 2.36 bits per heavy atom. The van der Waals surface area contributed by atoms with Crippen molar-refractivity contribution in [1.29, 1.82) is 0 Å². The number of hydrogen-bond donors (Lipinski definition) is 1. The lowest BCUT2D eigenvalue weighted by Gasteiger charge is -2.27. The van der Waals surface area contributed by atoms with E-state index in [0.717, 1.165) is 62.0 Å². The van der Waals surface area contributed by atoms with E-state index in [-0.39, 0.29) is 12.3 Å². The van der Waals surface area contributed by atoms with Crippen molar-refractivity contribution in [3.8, 4) is 0 Å². The first kappa shape index (κ1) is 13.7. The van der Waals surface area contributed by atoms with E-state index >= 15 is 0 Å². The minimum Gasteiger partial charge on any atom is -0.481 e. The van der Waals surface area contributed by atoms with E-state index in [0.29, 0.717) is 6.54 Å². The maximum Gasteiger partial charge on any atom is 0.308 e. The molecule has 2 aliphatic carbocycles. The second-order valence-electron chi connectivity index (χ2n) is 6.62. The van der Waals surface area contributed by atoms with Crippen LogP contribution in [0.25, 0.3) is 0 Å². The van der Waals surface area contributed by atoms with Gasteiger partial charge in [-0.15, -0.1) is 0 Å². The Bertz CT molecular complexity index is 668. The lowest BCUT2D eigenvalue weighted by atomic mass is 9.91. The third-order valence-corrected chi connectivity index (χ3v) is 5.21. The van der Waals surface area contributed by atoms with E-state index in [4.69, 9.17) is 4.98 Å². The van der Waals surface area contributed by atoms with Gasteiger partial charge in [0.25, 0.3) is 0 Å². The molecule has 0 spiro atoms. The van der Waals surface area contributed by atoms with Crippen LogP contribution in [0.3, 0.4) is 0 Å². The standard InChI is InChI=1S/C17H20N2O3/c20-15-8-10(17(21)22)9-19(15)16-11-4-1-2-6-13(11)18-14-7-3-5-12(14)16/h10H,1-9H2,(H,21,22). The Labute approximate surface area is 129 Å². The minimum atomic E-state index is -0.865. The Balaban J connectivity index is 1.82. The molecule has 2 heterocycles. The predicted molar refractivity (Wildman–Crippen MR) is 81.0 cm³/mol. The number of aryl methyl sites for hydroxylation is 2. The average molecular weight is 300 g/mol. The maximum absolute atomic E-state index is 12.4. The molecule has 1 saturated heterocycles. The summed E-state index contributed by atoms with van der Waals surface area (Å²) >= 11 is 0. The number of carbonyl (C=O) groups is 2. The van der Waals surface area contributed by atoms with Gasteiger partial charge in [0, 0.05) is 24.4 Å². The third-order valence-electron chi connectivity index (χ3n) is 5.21. The van der Waals surface area contributed by atoms with E-state index in [1.54, 1.807) is 4.90 Å². The second-order valence-corrected chi connectivity index (χ2v) is 6.62. The summed E-state index contributed by atoms with van der Waals surface area (Å²) in [4.78, 5) is 30.3. The molecule has 4 rings (SSSR count). The van der Waals surface area contributed by atoms with Crippen molar-refractivity contribution < 1.29 is 14.7 Å². The maximum atomic E-state index is 12.4. The minimum absolute atomic E-state index is 0.0412. The van der Waals surface area contributed by atoms with Gasteiger partial charge in [0.15, 0.2) is 0 Å². The lowest BCUT2D eigenvalue weighted by molar-refractivity contribution is -0.141. The number of carboxylic acid groups (broad SMARTS) is 1. The summed E-state index contributed by atoms with van der Waals surface area (Å²) in [5, 5.41) is 9.24. The van der Waals surface area contributed by atoms with Gasteiger partial charge in [0.1, 0.15) is 0 Å². The van der Waals surface area contributed by atoms with Crippen LogP contribution < -0.4 is 4.90 Å². The largest absolute Gasteiger partial charge is 0.481 e. The highest BCUT2D eigenvalue weighted by molar-refractivity contribution is 6.00. The molecule has 0 aromatic carbocycles. The quantitative estimate of drug-likeness (QED) is 0.905. The number of aromatic nitrogens is 1. The zero-order chi connectivity index (χ0) is 15.3. The molecule has 1 unspecified atom stereocenters. The van der Waals surface area contributed by atoms with Crippen LogP contribution >= 0.6 is 0 Å². The van der Waals surface area contributed by atoms with Crippen molar-refractivity contribution in [1.82, 2.24) is 4.98 Å². The van der Waals surface area contributed by atoms with Gasteiger partial charge in [-0.25, -0.2) is 0 Å². The molecule has 1 aliphatic heterocycles. The summed E-state index contributed by atoms with van der Waals surface area (Å²) in [5.74, 6) is -1.48. The summed E-state index contributed by atoms with van der Waals surface area (Å²) < 4.78 is 0. The molecule has 1 amide bonds. The van der Waals surface area contributed by atoms with Crippen LogP contribution in [-0.4, -0.2) is 28.5 Å². The Morgan fingerprint density at radius 1 is 1.05 bits per heavy atom. The SMILES string of the molecule is O=C(O)C1CC(=O)N(c2c3c(nc4c2CCC4)CCCC3)C1. The van der Waals surface area contributed by atoms with Crippen molar-refractivity contribution in [2.75, 3.05) is 11.4 Å². The van der Waals surface area contributed by atoms with Crippen LogP contribution in [0.2, 0.25) is 0 Å². The summed E-state index contributed by atoms with van der Waals surface area (Å²) in [6, 6.07) is 0. The van der Waals surface area contributed by atoms with Crippen LogP contribution in [0.15, 0.2) is 0 Å². The normalized spacial score (nSPS) is 23.5. The van der Waals surface area contributed by atoms with Gasteiger partial charge in [-0.3, -0.25) is 14.6 Å². The zero-order valence-electron chi connectivity index (χ0n) is 12.6. The summed E-state index contributed by atoms with van der Waals surface area (Å²) in [6.07, 6.45) is 7.40. The van der Waals surface area contributed by atoms with Crippen LogP contribution in [0, 0.1) is 5.92 Å². The van der Waals surface area contributed by atoms with Crippen molar-refractivity contribution in [3.63, 3.8) is 0 Å². The molecular formula is C17H20N2O3. The van der Waals surface area contributed by atoms with Crippen molar-refractivity contribution >= 4 is 17.6 Å². The molecule has 1 aromatic heterocycles. The molecule has 116 valence electrons. The Kier molecular flexibility index (Phi) is 3.17. The second kappa shape index (κ2) is 5.07. The van der Waals surface area contributed by atoms with E-state index in [1.807, 2.05) is 0 Å². The first-order valence-corrected chi connectivity index (χ1v) is 8.22. The number of carbonyl (C=O) groups excluding carboxylic acids is 1. The highest BCUT2D eigenvalue weighted by Gasteiger charge is 2.38. The number of amides is 1. The van der Waals surface area contributed by atoms with Gasteiger partial charge in [-0.2, -0.15) is 0 Å².